The Balaban J connectivity index is 4.26. The molecule has 0 fully saturated rings. The Labute approximate surface area is 357 Å². The maximum absolute atomic E-state index is 12.7. The summed E-state index contributed by atoms with van der Waals surface area (Å²) in [6.07, 6.45) is 47.4. The van der Waals surface area contributed by atoms with Gasteiger partial charge in [0.1, 0.15) is 12.6 Å². The highest BCUT2D eigenvalue weighted by atomic mass is 16.6. The van der Waals surface area contributed by atoms with Crippen molar-refractivity contribution in [2.75, 3.05) is 41.0 Å². The number of quaternary nitrogens is 1. The number of nitrogens with zero attached hydrogens (tertiary/aromatic N) is 1. The van der Waals surface area contributed by atoms with Crippen molar-refractivity contribution in [3.63, 3.8) is 0 Å². The molecule has 0 rings (SSSR count). The number of hydrogen-bond donors (Lipinski definition) is 0. The van der Waals surface area contributed by atoms with Gasteiger partial charge in [-0.15, -0.1) is 0 Å². The number of unbranched alkanes of at least 4 members (excludes halogenated alkanes) is 23. The lowest BCUT2D eigenvalue weighted by Gasteiger charge is -2.34. The number of carbonyl (C=O) groups excluding carboxylic acids is 3. The van der Waals surface area contributed by atoms with Crippen LogP contribution in [0.15, 0.2) is 36.5 Å². The molecule has 0 heterocycles. The monoisotopic (exact) mass is 818 g/mol. The molecule has 0 saturated carbocycles. The highest BCUT2D eigenvalue weighted by Crippen LogP contribution is 2.16. The molecule has 58 heavy (non-hydrogen) atoms. The Kier molecular flexibility index (Phi) is 39.5. The maximum atomic E-state index is 12.7. The van der Waals surface area contributed by atoms with Gasteiger partial charge in [-0.2, -0.15) is 0 Å². The number of ether oxygens (including phenoxy) is 3. The van der Waals surface area contributed by atoms with E-state index in [-0.39, 0.29) is 42.7 Å². The van der Waals surface area contributed by atoms with Crippen LogP contribution in [0.5, 0.6) is 0 Å². The third kappa shape index (κ3) is 39.0. The van der Waals surface area contributed by atoms with E-state index in [1.54, 1.807) is 21.1 Å². The number of likely N-dealkylation sites (N-methyl/N-ethyl adjacent to an activating group) is 1. The zero-order valence-corrected chi connectivity index (χ0v) is 38.5. The molecule has 0 aromatic rings. The van der Waals surface area contributed by atoms with Crippen molar-refractivity contribution in [2.45, 2.75) is 225 Å². The molecule has 0 aliphatic rings. The molecule has 0 aromatic heterocycles. The third-order valence-corrected chi connectivity index (χ3v) is 10.8. The van der Waals surface area contributed by atoms with Crippen LogP contribution in [-0.4, -0.2) is 75.5 Å². The first-order valence-corrected chi connectivity index (χ1v) is 24.0. The summed E-state index contributed by atoms with van der Waals surface area (Å²) in [5, 5.41) is 11.6. The zero-order chi connectivity index (χ0) is 42.8. The van der Waals surface area contributed by atoms with Gasteiger partial charge in [0.15, 0.2) is 6.10 Å². The van der Waals surface area contributed by atoms with Gasteiger partial charge in [0.25, 0.3) is 0 Å². The molecular formula is C50H91NO7. The van der Waals surface area contributed by atoms with E-state index in [9.17, 15) is 19.5 Å². The fourth-order valence-corrected chi connectivity index (χ4v) is 7.09. The van der Waals surface area contributed by atoms with E-state index in [2.05, 4.69) is 50.3 Å². The lowest BCUT2D eigenvalue weighted by atomic mass is 10.0. The van der Waals surface area contributed by atoms with Crippen molar-refractivity contribution in [3.05, 3.63) is 36.5 Å². The predicted molar refractivity (Wildman–Crippen MR) is 240 cm³/mol. The highest BCUT2D eigenvalue weighted by Gasteiger charge is 2.25. The summed E-state index contributed by atoms with van der Waals surface area (Å²) in [7, 11) is 5.41. The third-order valence-electron chi connectivity index (χ3n) is 10.8. The maximum Gasteiger partial charge on any atom is 0.306 e. The second-order valence-corrected chi connectivity index (χ2v) is 17.3. The van der Waals surface area contributed by atoms with Gasteiger partial charge in [-0.3, -0.25) is 9.59 Å². The van der Waals surface area contributed by atoms with Gasteiger partial charge < -0.3 is 28.6 Å². The summed E-state index contributed by atoms with van der Waals surface area (Å²) in [5.41, 5.74) is 0. The molecule has 338 valence electrons. The topological polar surface area (TPSA) is 102 Å². The summed E-state index contributed by atoms with van der Waals surface area (Å²) in [5.74, 6) is -1.75. The molecule has 0 N–H and O–H groups in total. The number of rotatable bonds is 43. The Morgan fingerprint density at radius 1 is 0.534 bits per heavy atom. The second kappa shape index (κ2) is 41.3. The quantitative estimate of drug-likeness (QED) is 0.0261. The van der Waals surface area contributed by atoms with Gasteiger partial charge in [0.2, 0.25) is 0 Å². The largest absolute Gasteiger partial charge is 0.544 e. The van der Waals surface area contributed by atoms with Gasteiger partial charge >= 0.3 is 11.9 Å². The molecule has 0 spiro atoms. The van der Waals surface area contributed by atoms with Crippen LogP contribution in [-0.2, 0) is 28.6 Å². The van der Waals surface area contributed by atoms with Gasteiger partial charge in [-0.1, -0.05) is 185 Å². The van der Waals surface area contributed by atoms with Gasteiger partial charge in [0.05, 0.1) is 40.3 Å². The lowest BCUT2D eigenvalue weighted by Crippen LogP contribution is -2.55. The number of carbonyl (C=O) groups is 3. The van der Waals surface area contributed by atoms with E-state index in [4.69, 9.17) is 14.2 Å². The fraction of sp³-hybridized carbons (Fsp3) is 0.820. The molecule has 0 amide bonds. The van der Waals surface area contributed by atoms with Crippen LogP contribution in [0.2, 0.25) is 0 Å². The zero-order valence-electron chi connectivity index (χ0n) is 38.5. The van der Waals surface area contributed by atoms with Gasteiger partial charge in [0, 0.05) is 19.3 Å². The Morgan fingerprint density at radius 2 is 0.966 bits per heavy atom. The first kappa shape index (κ1) is 55.5. The smallest absolute Gasteiger partial charge is 0.306 e. The first-order chi connectivity index (χ1) is 28.1. The molecule has 2 atom stereocenters. The number of allylic oxidation sites excluding steroid dienone is 6. The van der Waals surface area contributed by atoms with Gasteiger partial charge in [-0.05, 0) is 44.9 Å². The molecule has 0 aliphatic heterocycles. The normalized spacial score (nSPS) is 13.2. The standard InChI is InChI=1S/C50H91NO7/c1-6-8-10-12-14-16-18-20-22-23-24-25-27-28-30-32-34-36-38-40-48(52)57-45-46(44-56-43-42-47(50(54)55)51(3,4)5)58-49(53)41-39-37-35-33-31-29-26-21-19-17-15-13-11-9-7-2/h9,11,15,17,21,26,46-47H,6-8,10,12-14,16,18-20,22-25,27-45H2,1-5H3/b11-9-,17-15-,26-21-. The Morgan fingerprint density at radius 3 is 1.43 bits per heavy atom. The summed E-state index contributed by atoms with van der Waals surface area (Å²) in [6.45, 7) is 4.56. The van der Waals surface area contributed by atoms with Crippen molar-refractivity contribution in [1.82, 2.24) is 0 Å². The molecule has 2 unspecified atom stereocenters. The minimum absolute atomic E-state index is 0.0361. The van der Waals surface area contributed by atoms with Crippen LogP contribution in [0.25, 0.3) is 0 Å². The molecule has 0 aromatic carbocycles. The van der Waals surface area contributed by atoms with E-state index in [1.165, 1.54) is 103 Å². The minimum atomic E-state index is -1.13. The number of carboxylic acids is 1. The average molecular weight is 818 g/mol. The summed E-state index contributed by atoms with van der Waals surface area (Å²) in [6, 6.07) is -0.728. The van der Waals surface area contributed by atoms with E-state index in [1.807, 2.05) is 0 Å². The molecule has 8 nitrogen and oxygen atoms in total. The fourth-order valence-electron chi connectivity index (χ4n) is 7.09. The SMILES string of the molecule is CC/C=C\C/C=C\C/C=C\CCCCCCCC(=O)OC(COCCC(C(=O)[O-])[N+](C)(C)C)COC(=O)CCCCCCCCCCCCCCCCCCCCC. The number of esters is 2. The second-order valence-electron chi connectivity index (χ2n) is 17.3. The van der Waals surface area contributed by atoms with Crippen molar-refractivity contribution >= 4 is 17.9 Å². The van der Waals surface area contributed by atoms with Gasteiger partial charge in [-0.25, -0.2) is 0 Å². The van der Waals surface area contributed by atoms with Crippen molar-refractivity contribution in [3.8, 4) is 0 Å². The molecule has 8 heteroatoms. The van der Waals surface area contributed by atoms with E-state index >= 15 is 0 Å². The van der Waals surface area contributed by atoms with E-state index in [0.29, 0.717) is 12.8 Å². The molecule has 0 radical (unpaired) electrons. The van der Waals surface area contributed by atoms with Crippen LogP contribution in [0.4, 0.5) is 0 Å². The van der Waals surface area contributed by atoms with Crippen LogP contribution >= 0.6 is 0 Å². The molecule has 0 aliphatic carbocycles. The predicted octanol–water partition coefficient (Wildman–Crippen LogP) is 12.1. The van der Waals surface area contributed by atoms with E-state index < -0.39 is 18.1 Å². The molecule has 0 bridgehead atoms. The van der Waals surface area contributed by atoms with Crippen molar-refractivity contribution in [2.24, 2.45) is 0 Å². The highest BCUT2D eigenvalue weighted by molar-refractivity contribution is 5.70. The summed E-state index contributed by atoms with van der Waals surface area (Å²) >= 11 is 0. The number of carboxylic acid groups (broad SMARTS) is 1. The lowest BCUT2D eigenvalue weighted by molar-refractivity contribution is -0.889. The number of aliphatic carboxylic acids is 1. The van der Waals surface area contributed by atoms with Crippen molar-refractivity contribution in [1.29, 1.82) is 0 Å². The molecule has 0 saturated heterocycles. The average Bonchev–Trinajstić information content (AvgIpc) is 3.18. The van der Waals surface area contributed by atoms with Crippen LogP contribution in [0, 0.1) is 0 Å². The molecular weight excluding hydrogens is 727 g/mol. The van der Waals surface area contributed by atoms with Crippen LogP contribution < -0.4 is 5.11 Å². The van der Waals surface area contributed by atoms with Crippen LogP contribution in [0.1, 0.15) is 213 Å². The summed E-state index contributed by atoms with van der Waals surface area (Å²) < 4.78 is 17.2. The number of hydrogen-bond acceptors (Lipinski definition) is 7. The Bertz CT molecular complexity index is 1050. The van der Waals surface area contributed by atoms with Crippen molar-refractivity contribution < 1.29 is 38.2 Å². The Hall–Kier alpha value is -2.45. The minimum Gasteiger partial charge on any atom is -0.544 e. The van der Waals surface area contributed by atoms with E-state index in [0.717, 1.165) is 77.0 Å². The first-order valence-electron chi connectivity index (χ1n) is 24.0. The summed E-state index contributed by atoms with van der Waals surface area (Å²) in [4.78, 5) is 36.9. The van der Waals surface area contributed by atoms with Crippen LogP contribution in [0.3, 0.4) is 0 Å².